The molecule has 0 aliphatic heterocycles. The summed E-state index contributed by atoms with van der Waals surface area (Å²) in [6, 6.07) is 1.82. The fourth-order valence-electron chi connectivity index (χ4n) is 1.05. The average Bonchev–Trinajstić information content (AvgIpc) is 2.14. The summed E-state index contributed by atoms with van der Waals surface area (Å²) < 4.78 is 36.3. The predicted octanol–water partition coefficient (Wildman–Crippen LogP) is 1.71. The summed E-state index contributed by atoms with van der Waals surface area (Å²) in [6.45, 7) is -0.621. The fourth-order valence-corrected chi connectivity index (χ4v) is 1.05. The zero-order valence-corrected chi connectivity index (χ0v) is 7.90. The van der Waals surface area contributed by atoms with Gasteiger partial charge < -0.3 is 4.57 Å². The molecule has 0 unspecified atom stereocenters. The zero-order chi connectivity index (χ0) is 12.3. The average molecular weight is 236 g/mol. The van der Waals surface area contributed by atoms with E-state index in [1.54, 1.807) is 0 Å². The number of aromatic nitrogens is 1. The second kappa shape index (κ2) is 4.33. The third-order valence-electron chi connectivity index (χ3n) is 1.81. The Kier molecular flexibility index (Phi) is 3.31. The maximum Gasteiger partial charge on any atom is 0.390 e. The lowest BCUT2D eigenvalue weighted by Crippen LogP contribution is -2.22. The van der Waals surface area contributed by atoms with E-state index < -0.39 is 35.3 Å². The molecule has 0 aliphatic rings. The topological polar surface area (TPSA) is 65.1 Å². The van der Waals surface area contributed by atoms with Gasteiger partial charge >= 0.3 is 6.18 Å². The van der Waals surface area contributed by atoms with Gasteiger partial charge in [-0.15, -0.1) is 0 Å². The molecule has 8 heteroatoms. The molecule has 0 saturated heterocycles. The standard InChI is InChI=1S/C8H7F3N2O3/c9-8(10,11)3-4-12-5-6(13(15)16)1-2-7(12)14/h1-2,5H,3-4H2. The molecule has 1 aromatic heterocycles. The number of hydrogen-bond acceptors (Lipinski definition) is 3. The fraction of sp³-hybridized carbons (Fsp3) is 0.375. The number of hydrogen-bond donors (Lipinski definition) is 0. The number of rotatable bonds is 3. The van der Waals surface area contributed by atoms with E-state index >= 15 is 0 Å². The summed E-state index contributed by atoms with van der Waals surface area (Å²) in [4.78, 5) is 20.6. The van der Waals surface area contributed by atoms with Crippen LogP contribution in [-0.4, -0.2) is 15.7 Å². The van der Waals surface area contributed by atoms with Crippen molar-refractivity contribution in [2.75, 3.05) is 0 Å². The van der Waals surface area contributed by atoms with Crippen LogP contribution in [-0.2, 0) is 6.54 Å². The lowest BCUT2D eigenvalue weighted by molar-refractivity contribution is -0.385. The van der Waals surface area contributed by atoms with Crippen molar-refractivity contribution in [1.82, 2.24) is 4.57 Å². The second-order valence-electron chi connectivity index (χ2n) is 3.04. The molecule has 1 heterocycles. The molecule has 88 valence electrons. The van der Waals surface area contributed by atoms with Crippen LogP contribution in [0.2, 0.25) is 0 Å². The van der Waals surface area contributed by atoms with Crippen LogP contribution < -0.4 is 5.56 Å². The van der Waals surface area contributed by atoms with Gasteiger partial charge in [0, 0.05) is 18.7 Å². The molecule has 1 aromatic rings. The lowest BCUT2D eigenvalue weighted by Gasteiger charge is -2.07. The zero-order valence-electron chi connectivity index (χ0n) is 7.90. The number of aryl methyl sites for hydroxylation is 1. The number of halogens is 3. The van der Waals surface area contributed by atoms with Crippen molar-refractivity contribution < 1.29 is 18.1 Å². The van der Waals surface area contributed by atoms with Crippen LogP contribution in [0, 0.1) is 10.1 Å². The van der Waals surface area contributed by atoms with Crippen molar-refractivity contribution in [2.45, 2.75) is 19.1 Å². The molecule has 0 aliphatic carbocycles. The summed E-state index contributed by atoms with van der Waals surface area (Å²) in [6.07, 6.45) is -4.80. The Hall–Kier alpha value is -1.86. The van der Waals surface area contributed by atoms with E-state index in [0.29, 0.717) is 4.57 Å². The Morgan fingerprint density at radius 2 is 2.00 bits per heavy atom. The van der Waals surface area contributed by atoms with Gasteiger partial charge in [-0.25, -0.2) is 0 Å². The van der Waals surface area contributed by atoms with E-state index in [2.05, 4.69) is 0 Å². The monoisotopic (exact) mass is 236 g/mol. The highest BCUT2D eigenvalue weighted by atomic mass is 19.4. The van der Waals surface area contributed by atoms with E-state index in [9.17, 15) is 28.1 Å². The van der Waals surface area contributed by atoms with E-state index in [1.165, 1.54) is 0 Å². The van der Waals surface area contributed by atoms with Gasteiger partial charge in [0.1, 0.15) is 0 Å². The molecule has 5 nitrogen and oxygen atoms in total. The molecule has 0 atom stereocenters. The second-order valence-corrected chi connectivity index (χ2v) is 3.04. The number of pyridine rings is 1. The lowest BCUT2D eigenvalue weighted by atomic mass is 10.3. The smallest absolute Gasteiger partial charge is 0.309 e. The largest absolute Gasteiger partial charge is 0.390 e. The molecular formula is C8H7F3N2O3. The summed E-state index contributed by atoms with van der Waals surface area (Å²) in [5, 5.41) is 10.3. The maximum atomic E-state index is 11.9. The Morgan fingerprint density at radius 1 is 1.38 bits per heavy atom. The third kappa shape index (κ3) is 3.37. The highest BCUT2D eigenvalue weighted by Gasteiger charge is 2.27. The molecule has 0 saturated carbocycles. The van der Waals surface area contributed by atoms with Crippen molar-refractivity contribution in [3.8, 4) is 0 Å². The minimum Gasteiger partial charge on any atom is -0.309 e. The molecule has 0 aromatic carbocycles. The molecule has 0 amide bonds. The van der Waals surface area contributed by atoms with Gasteiger partial charge in [-0.2, -0.15) is 13.2 Å². The van der Waals surface area contributed by atoms with Crippen LogP contribution >= 0.6 is 0 Å². The minimum atomic E-state index is -4.40. The van der Waals surface area contributed by atoms with Gasteiger partial charge in [-0.1, -0.05) is 0 Å². The molecule has 0 spiro atoms. The van der Waals surface area contributed by atoms with Crippen molar-refractivity contribution >= 4 is 5.69 Å². The van der Waals surface area contributed by atoms with Crippen LogP contribution in [0.25, 0.3) is 0 Å². The van der Waals surface area contributed by atoms with E-state index in [4.69, 9.17) is 0 Å². The molecule has 0 bridgehead atoms. The summed E-state index contributed by atoms with van der Waals surface area (Å²) >= 11 is 0. The molecule has 16 heavy (non-hydrogen) atoms. The SMILES string of the molecule is O=c1ccc([N+](=O)[O-])cn1CCC(F)(F)F. The highest BCUT2D eigenvalue weighted by Crippen LogP contribution is 2.20. The van der Waals surface area contributed by atoms with Gasteiger partial charge in [0.15, 0.2) is 0 Å². The van der Waals surface area contributed by atoms with Crippen LogP contribution in [0.3, 0.4) is 0 Å². The van der Waals surface area contributed by atoms with Crippen LogP contribution in [0.4, 0.5) is 18.9 Å². The van der Waals surface area contributed by atoms with Gasteiger partial charge in [-0.05, 0) is 0 Å². The molecular weight excluding hydrogens is 229 g/mol. The quantitative estimate of drug-likeness (QED) is 0.592. The van der Waals surface area contributed by atoms with E-state index in [0.717, 1.165) is 18.3 Å². The first-order valence-electron chi connectivity index (χ1n) is 4.21. The summed E-state index contributed by atoms with van der Waals surface area (Å²) in [5.41, 5.74) is -1.11. The first-order valence-corrected chi connectivity index (χ1v) is 4.21. The van der Waals surface area contributed by atoms with Gasteiger partial charge in [0.2, 0.25) is 0 Å². The minimum absolute atomic E-state index is 0.415. The maximum absolute atomic E-state index is 11.9. The summed E-state index contributed by atoms with van der Waals surface area (Å²) in [7, 11) is 0. The van der Waals surface area contributed by atoms with Crippen LogP contribution in [0.1, 0.15) is 6.42 Å². The van der Waals surface area contributed by atoms with Crippen molar-refractivity contribution in [3.05, 3.63) is 38.8 Å². The van der Waals surface area contributed by atoms with Crippen molar-refractivity contribution in [2.24, 2.45) is 0 Å². The normalized spacial score (nSPS) is 11.4. The molecule has 0 fully saturated rings. The van der Waals surface area contributed by atoms with Gasteiger partial charge in [-0.3, -0.25) is 14.9 Å². The number of nitro groups is 1. The first-order chi connectivity index (χ1) is 7.29. The molecule has 1 rings (SSSR count). The molecule has 0 N–H and O–H groups in total. The van der Waals surface area contributed by atoms with Crippen molar-refractivity contribution in [1.29, 1.82) is 0 Å². The Bertz CT molecular complexity index is 453. The number of alkyl halides is 3. The highest BCUT2D eigenvalue weighted by molar-refractivity contribution is 5.24. The molecule has 0 radical (unpaired) electrons. The Morgan fingerprint density at radius 3 is 2.50 bits per heavy atom. The van der Waals surface area contributed by atoms with E-state index in [-0.39, 0.29) is 0 Å². The van der Waals surface area contributed by atoms with Gasteiger partial charge in [0.05, 0.1) is 17.5 Å². The van der Waals surface area contributed by atoms with Crippen LogP contribution in [0.5, 0.6) is 0 Å². The Labute approximate surface area is 87.3 Å². The number of nitrogens with zero attached hydrogens (tertiary/aromatic N) is 2. The Balaban J connectivity index is 2.91. The van der Waals surface area contributed by atoms with Crippen LogP contribution in [0.15, 0.2) is 23.1 Å². The third-order valence-corrected chi connectivity index (χ3v) is 1.81. The van der Waals surface area contributed by atoms with Gasteiger partial charge in [0.25, 0.3) is 11.2 Å². The van der Waals surface area contributed by atoms with E-state index in [1.807, 2.05) is 0 Å². The predicted molar refractivity (Wildman–Crippen MR) is 48.0 cm³/mol. The van der Waals surface area contributed by atoms with Crippen molar-refractivity contribution in [3.63, 3.8) is 0 Å². The first kappa shape index (κ1) is 12.2. The summed E-state index contributed by atoms with van der Waals surface area (Å²) in [5.74, 6) is 0.